The Hall–Kier alpha value is 0.354. The molecule has 0 heterocycles. The van der Waals surface area contributed by atoms with Crippen LogP contribution in [0.3, 0.4) is 0 Å². The van der Waals surface area contributed by atoms with Crippen molar-refractivity contribution in [3.05, 3.63) is 0 Å². The zero-order valence-corrected chi connectivity index (χ0v) is 5.80. The Morgan fingerprint density at radius 2 is 1.62 bits per heavy atom. The molecule has 0 aromatic heterocycles. The van der Waals surface area contributed by atoms with Gasteiger partial charge < -0.3 is 10.8 Å². The first-order valence-corrected chi connectivity index (χ1v) is 3.91. The fourth-order valence-corrected chi connectivity index (χ4v) is 0. The van der Waals surface area contributed by atoms with Crippen LogP contribution in [0.1, 0.15) is 0 Å². The molecule has 0 aliphatic carbocycles. The van der Waals surface area contributed by atoms with E-state index in [-0.39, 0.29) is 6.61 Å². The first-order valence-electron chi connectivity index (χ1n) is 1.88. The summed E-state index contributed by atoms with van der Waals surface area (Å²) in [6.07, 6.45) is 0. The molecule has 6 heteroatoms. The summed E-state index contributed by atoms with van der Waals surface area (Å²) in [6, 6.07) is 0. The molecule has 0 atom stereocenters. The summed E-state index contributed by atoms with van der Waals surface area (Å²) in [7, 11) is 0. The molecule has 0 saturated carbocycles. The third kappa shape index (κ3) is 99.3. The van der Waals surface area contributed by atoms with E-state index < -0.39 is 18.6 Å². The van der Waals surface area contributed by atoms with Crippen molar-refractivity contribution in [1.82, 2.24) is 0 Å². The van der Waals surface area contributed by atoms with Crippen LogP contribution in [0.25, 0.3) is 0 Å². The van der Waals surface area contributed by atoms with Gasteiger partial charge in [0.1, 0.15) is 0 Å². The molecule has 0 saturated heterocycles. The van der Waals surface area contributed by atoms with E-state index in [0.717, 1.165) is 0 Å². The molecule has 0 spiro atoms. The van der Waals surface area contributed by atoms with Crippen molar-refractivity contribution in [2.45, 2.75) is 0 Å². The number of nitrogens with two attached hydrogens (primary N) is 1. The molecular weight excluding hydrogens is 150 g/mol. The van der Waals surface area contributed by atoms with E-state index in [4.69, 9.17) is 21.5 Å². The Morgan fingerprint density at radius 1 is 1.50 bits per heavy atom. The molecule has 50 valence electrons. The van der Waals surface area contributed by atoms with E-state index in [9.17, 15) is 0 Å². The Kier molecular flexibility index (Phi) is 14.5. The van der Waals surface area contributed by atoms with E-state index in [2.05, 4.69) is 0 Å². The van der Waals surface area contributed by atoms with Crippen LogP contribution in [0.5, 0.6) is 0 Å². The molecule has 0 fully saturated rings. The summed E-state index contributed by atoms with van der Waals surface area (Å²) in [5, 5.41) is 7.75. The molecule has 0 unspecified atom stereocenters. The molecule has 5 N–H and O–H groups in total. The van der Waals surface area contributed by atoms with Crippen LogP contribution in [0.15, 0.2) is 0 Å². The molecule has 0 aromatic rings. The van der Waals surface area contributed by atoms with Crippen molar-refractivity contribution in [3.8, 4) is 0 Å². The van der Waals surface area contributed by atoms with Gasteiger partial charge in [-0.1, -0.05) is 0 Å². The summed E-state index contributed by atoms with van der Waals surface area (Å²) in [5.41, 5.74) is 4.78. The minimum atomic E-state index is -3.58. The number of aliphatic hydroxyl groups excluding tert-OH is 1. The molecule has 8 heavy (non-hydrogen) atoms. The van der Waals surface area contributed by atoms with Gasteiger partial charge in [0.2, 0.25) is 0 Å². The van der Waals surface area contributed by atoms with E-state index >= 15 is 0 Å². The van der Waals surface area contributed by atoms with Crippen molar-refractivity contribution in [2.75, 3.05) is 13.2 Å². The minimum absolute atomic E-state index is 0.0972. The molecule has 0 aliphatic rings. The van der Waals surface area contributed by atoms with Crippen molar-refractivity contribution in [1.29, 1.82) is 0 Å². The normalized spacial score (nSPS) is 7.00. The van der Waals surface area contributed by atoms with Gasteiger partial charge in [-0.2, -0.15) is 0 Å². The summed E-state index contributed by atoms with van der Waals surface area (Å²) < 4.78 is 23.2. The number of aliphatic hydroxyl groups is 1. The number of hydrogen-bond acceptors (Lipinski definition) is 3. The van der Waals surface area contributed by atoms with Gasteiger partial charge >= 0.3 is 29.3 Å². The fourth-order valence-electron chi connectivity index (χ4n) is 0. The zero-order valence-electron chi connectivity index (χ0n) is 4.24. The standard InChI is InChI=1S/C2H7NO.2H2O.O.Ti/c3-1-2-4;;;;/h4H,1-3H2;2*1H2;;/q;;;;+2/p-2. The van der Waals surface area contributed by atoms with Gasteiger partial charge in [-0.3, -0.25) is 0 Å². The van der Waals surface area contributed by atoms with Crippen molar-refractivity contribution < 1.29 is 34.4 Å². The third-order valence-corrected chi connectivity index (χ3v) is 0.129. The van der Waals surface area contributed by atoms with Gasteiger partial charge in [-0.05, 0) is 0 Å². The molecule has 0 bridgehead atoms. The molecule has 0 rings (SSSR count). The van der Waals surface area contributed by atoms with Crippen LogP contribution < -0.4 is 5.73 Å². The summed E-state index contributed by atoms with van der Waals surface area (Å²) in [5.74, 6) is 0. The maximum atomic E-state index is 8.81. The Balaban J connectivity index is 0. The molecule has 5 nitrogen and oxygen atoms in total. The van der Waals surface area contributed by atoms with E-state index in [0.29, 0.717) is 6.54 Å². The van der Waals surface area contributed by atoms with Gasteiger partial charge in [-0.25, -0.2) is 0 Å². The quantitative estimate of drug-likeness (QED) is 0.322. The van der Waals surface area contributed by atoms with Crippen LogP contribution in [0, 0.1) is 0 Å². The second-order valence-electron chi connectivity index (χ2n) is 0.795. The van der Waals surface area contributed by atoms with Crippen LogP contribution >= 0.6 is 0 Å². The average Bonchev–Trinajstić information content (AvgIpc) is 1.65. The summed E-state index contributed by atoms with van der Waals surface area (Å²) in [6.45, 7) is 0.472. The molecule has 0 amide bonds. The van der Waals surface area contributed by atoms with Crippen LogP contribution in [-0.2, 0) is 21.9 Å². The molecule has 0 aliphatic heterocycles. The molecular formula is C2H9NO4Ti. The topological polar surface area (TPSA) is 104 Å². The second-order valence-corrected chi connectivity index (χ2v) is 1.68. The SMILES string of the molecule is NCCO.[O]=[Ti]([OH])[OH]. The van der Waals surface area contributed by atoms with E-state index in [1.165, 1.54) is 0 Å². The fraction of sp³-hybridized carbons (Fsp3) is 1.00. The van der Waals surface area contributed by atoms with E-state index in [1.54, 1.807) is 0 Å². The Bertz CT molecular complexity index is 52.0. The maximum absolute atomic E-state index is 8.81. The third-order valence-electron chi connectivity index (χ3n) is 0.129. The Labute approximate surface area is 53.9 Å². The number of rotatable bonds is 1. The van der Waals surface area contributed by atoms with E-state index in [1.807, 2.05) is 0 Å². The first kappa shape index (κ1) is 11.2. The second kappa shape index (κ2) is 10.4. The van der Waals surface area contributed by atoms with Gasteiger partial charge in [0.05, 0.1) is 6.61 Å². The van der Waals surface area contributed by atoms with Gasteiger partial charge in [-0.15, -0.1) is 0 Å². The predicted octanol–water partition coefficient (Wildman–Crippen LogP) is -2.30. The van der Waals surface area contributed by atoms with Crippen LogP contribution in [0.2, 0.25) is 0 Å². The Morgan fingerprint density at radius 3 is 1.62 bits per heavy atom. The monoisotopic (exact) mass is 159 g/mol. The zero-order chi connectivity index (χ0) is 6.99. The molecule has 0 aromatic carbocycles. The summed E-state index contributed by atoms with van der Waals surface area (Å²) in [4.78, 5) is 0. The van der Waals surface area contributed by atoms with Crippen molar-refractivity contribution >= 4 is 0 Å². The average molecular weight is 159 g/mol. The summed E-state index contributed by atoms with van der Waals surface area (Å²) >= 11 is -3.58. The van der Waals surface area contributed by atoms with Crippen LogP contribution in [-0.4, -0.2) is 25.6 Å². The van der Waals surface area contributed by atoms with Crippen molar-refractivity contribution in [2.24, 2.45) is 5.73 Å². The van der Waals surface area contributed by atoms with Gasteiger partial charge in [0.25, 0.3) is 0 Å². The van der Waals surface area contributed by atoms with Crippen LogP contribution in [0.4, 0.5) is 0 Å². The van der Waals surface area contributed by atoms with Gasteiger partial charge in [0, 0.05) is 6.54 Å². The number of hydrogen-bond donors (Lipinski definition) is 4. The van der Waals surface area contributed by atoms with Gasteiger partial charge in [0.15, 0.2) is 0 Å². The first-order chi connectivity index (χ1) is 3.65. The van der Waals surface area contributed by atoms with Crippen molar-refractivity contribution in [3.63, 3.8) is 0 Å². The molecule has 0 radical (unpaired) electrons. The predicted molar refractivity (Wildman–Crippen MR) is 21.3 cm³/mol.